The highest BCUT2D eigenvalue weighted by Crippen LogP contribution is 2.49. The van der Waals surface area contributed by atoms with Crippen LogP contribution in [0.1, 0.15) is 5.56 Å². The van der Waals surface area contributed by atoms with Crippen molar-refractivity contribution in [3.63, 3.8) is 0 Å². The van der Waals surface area contributed by atoms with Gasteiger partial charge in [0.05, 0.1) is 47.7 Å². The molecule has 0 radical (unpaired) electrons. The van der Waals surface area contributed by atoms with Gasteiger partial charge in [-0.2, -0.15) is 0 Å². The van der Waals surface area contributed by atoms with E-state index < -0.39 is 0 Å². The molecule has 3 aromatic rings. The van der Waals surface area contributed by atoms with E-state index >= 15 is 0 Å². The second-order valence-corrected chi connectivity index (χ2v) is 6.91. The van der Waals surface area contributed by atoms with Gasteiger partial charge in [0.1, 0.15) is 11.5 Å². The summed E-state index contributed by atoms with van der Waals surface area (Å²) in [6, 6.07) is 12.9. The maximum absolute atomic E-state index is 11.2. The van der Waals surface area contributed by atoms with Crippen molar-refractivity contribution >= 4 is 0 Å². The monoisotopic (exact) mass is 440 g/mol. The molecule has 0 aliphatic rings. The van der Waals surface area contributed by atoms with Crippen LogP contribution in [0, 0.1) is 0 Å². The highest BCUT2D eigenvalue weighted by molar-refractivity contribution is 5.88. The summed E-state index contributed by atoms with van der Waals surface area (Å²) in [5.41, 5.74) is 3.44. The summed E-state index contributed by atoms with van der Waals surface area (Å²) < 4.78 is 32.8. The number of rotatable bonds is 9. The zero-order valence-electron chi connectivity index (χ0n) is 19.1. The van der Waals surface area contributed by atoms with Crippen molar-refractivity contribution in [2.45, 2.75) is 6.61 Å². The number of methoxy groups -OCH3 is 6. The zero-order chi connectivity index (χ0) is 23.3. The summed E-state index contributed by atoms with van der Waals surface area (Å²) in [4.78, 5) is 0. The van der Waals surface area contributed by atoms with Crippen molar-refractivity contribution in [1.29, 1.82) is 0 Å². The average molecular weight is 440 g/mol. The molecule has 0 spiro atoms. The van der Waals surface area contributed by atoms with Gasteiger partial charge >= 0.3 is 0 Å². The van der Waals surface area contributed by atoms with Crippen LogP contribution in [0.25, 0.3) is 22.3 Å². The van der Waals surface area contributed by atoms with Crippen LogP contribution in [0.15, 0.2) is 42.5 Å². The molecule has 0 heterocycles. The van der Waals surface area contributed by atoms with Crippen molar-refractivity contribution < 1.29 is 33.5 Å². The van der Waals surface area contributed by atoms with E-state index in [2.05, 4.69) is 0 Å². The topological polar surface area (TPSA) is 75.6 Å². The Bertz CT molecular complexity index is 1090. The molecule has 7 nitrogen and oxygen atoms in total. The molecular weight excluding hydrogens is 412 g/mol. The fourth-order valence-corrected chi connectivity index (χ4v) is 3.67. The van der Waals surface area contributed by atoms with E-state index in [1.54, 1.807) is 54.8 Å². The number of ether oxygens (including phenoxy) is 6. The van der Waals surface area contributed by atoms with Crippen LogP contribution in [-0.4, -0.2) is 47.8 Å². The fourth-order valence-electron chi connectivity index (χ4n) is 3.67. The third-order valence-corrected chi connectivity index (χ3v) is 5.20. The third kappa shape index (κ3) is 4.24. The lowest BCUT2D eigenvalue weighted by Crippen LogP contribution is -1.99. The van der Waals surface area contributed by atoms with Gasteiger partial charge in [-0.15, -0.1) is 0 Å². The van der Waals surface area contributed by atoms with E-state index in [1.165, 1.54) is 0 Å². The minimum Gasteiger partial charge on any atom is -0.507 e. The minimum atomic E-state index is 0.0696. The standard InChI is InChI=1S/C25H28O7/c1-27-14-17-11-18(15-7-9-19(28-2)21(12-15)30-4)25(32-6)23(24(17)26)16-8-10-20(29-3)22(13-16)31-5/h7-13,26H,14H2,1-6H3. The fraction of sp³-hybridized carbons (Fsp3) is 0.280. The van der Waals surface area contributed by atoms with E-state index in [1.807, 2.05) is 30.3 Å². The zero-order valence-corrected chi connectivity index (χ0v) is 19.1. The summed E-state index contributed by atoms with van der Waals surface area (Å²) in [6.07, 6.45) is 0. The molecule has 3 rings (SSSR count). The molecular formula is C25H28O7. The Hall–Kier alpha value is -3.58. The van der Waals surface area contributed by atoms with Crippen LogP contribution in [-0.2, 0) is 11.3 Å². The summed E-state index contributed by atoms with van der Waals surface area (Å²) >= 11 is 0. The highest BCUT2D eigenvalue weighted by Gasteiger charge is 2.23. The first kappa shape index (κ1) is 23.1. The lowest BCUT2D eigenvalue weighted by atomic mass is 9.93. The van der Waals surface area contributed by atoms with E-state index in [0.29, 0.717) is 45.4 Å². The van der Waals surface area contributed by atoms with E-state index in [0.717, 1.165) is 11.1 Å². The molecule has 0 bridgehead atoms. The predicted molar refractivity (Wildman–Crippen MR) is 122 cm³/mol. The molecule has 0 unspecified atom stereocenters. The third-order valence-electron chi connectivity index (χ3n) is 5.20. The van der Waals surface area contributed by atoms with E-state index in [9.17, 15) is 5.11 Å². The van der Waals surface area contributed by atoms with Gasteiger partial charge in [-0.05, 0) is 41.5 Å². The van der Waals surface area contributed by atoms with Crippen molar-refractivity contribution in [3.05, 3.63) is 48.0 Å². The Morgan fingerprint density at radius 1 is 0.625 bits per heavy atom. The van der Waals surface area contributed by atoms with Crippen LogP contribution in [0.5, 0.6) is 34.5 Å². The molecule has 7 heteroatoms. The SMILES string of the molecule is COCc1cc(-c2ccc(OC)c(OC)c2)c(OC)c(-c2ccc(OC)c(OC)c2)c1O. The highest BCUT2D eigenvalue weighted by atomic mass is 16.5. The van der Waals surface area contributed by atoms with Crippen LogP contribution >= 0.6 is 0 Å². The predicted octanol–water partition coefficient (Wildman–Crippen LogP) is 4.92. The second-order valence-electron chi connectivity index (χ2n) is 6.91. The molecule has 0 aliphatic carbocycles. The molecule has 0 aromatic heterocycles. The number of hydrogen-bond acceptors (Lipinski definition) is 7. The van der Waals surface area contributed by atoms with Crippen molar-refractivity contribution in [3.8, 4) is 56.8 Å². The Morgan fingerprint density at radius 3 is 1.66 bits per heavy atom. The van der Waals surface area contributed by atoms with Crippen molar-refractivity contribution in [1.82, 2.24) is 0 Å². The van der Waals surface area contributed by atoms with Crippen molar-refractivity contribution in [2.75, 3.05) is 42.7 Å². The maximum Gasteiger partial charge on any atom is 0.161 e. The van der Waals surface area contributed by atoms with Gasteiger partial charge in [-0.1, -0.05) is 12.1 Å². The molecule has 0 aliphatic heterocycles. The second kappa shape index (κ2) is 10.2. The Labute approximate surface area is 188 Å². The maximum atomic E-state index is 11.2. The summed E-state index contributed by atoms with van der Waals surface area (Å²) in [7, 11) is 9.46. The van der Waals surface area contributed by atoms with Crippen LogP contribution in [0.3, 0.4) is 0 Å². The lowest BCUT2D eigenvalue weighted by Gasteiger charge is -2.20. The Kier molecular flexibility index (Phi) is 7.33. The molecule has 32 heavy (non-hydrogen) atoms. The van der Waals surface area contributed by atoms with Gasteiger partial charge in [-0.25, -0.2) is 0 Å². The normalized spacial score (nSPS) is 10.6. The van der Waals surface area contributed by atoms with Gasteiger partial charge in [0, 0.05) is 18.2 Å². The van der Waals surface area contributed by atoms with Crippen LogP contribution in [0.2, 0.25) is 0 Å². The number of benzene rings is 3. The van der Waals surface area contributed by atoms with Gasteiger partial charge in [0.15, 0.2) is 23.0 Å². The average Bonchev–Trinajstić information content (AvgIpc) is 2.83. The smallest absolute Gasteiger partial charge is 0.161 e. The van der Waals surface area contributed by atoms with Gasteiger partial charge in [0.2, 0.25) is 0 Å². The van der Waals surface area contributed by atoms with E-state index in [-0.39, 0.29) is 12.4 Å². The van der Waals surface area contributed by atoms with Gasteiger partial charge in [-0.3, -0.25) is 0 Å². The van der Waals surface area contributed by atoms with Gasteiger partial charge in [0.25, 0.3) is 0 Å². The molecule has 0 fully saturated rings. The van der Waals surface area contributed by atoms with Gasteiger partial charge < -0.3 is 33.5 Å². The molecule has 3 aromatic carbocycles. The summed E-state index contributed by atoms with van der Waals surface area (Å²) in [5.74, 6) is 2.90. The molecule has 0 atom stereocenters. The molecule has 0 amide bonds. The lowest BCUT2D eigenvalue weighted by molar-refractivity contribution is 0.182. The number of phenolic OH excluding ortho intramolecular Hbond substituents is 1. The quantitative estimate of drug-likeness (QED) is 0.506. The van der Waals surface area contributed by atoms with Crippen LogP contribution < -0.4 is 23.7 Å². The molecule has 0 saturated carbocycles. The number of hydrogen-bond donors (Lipinski definition) is 1. The summed E-state index contributed by atoms with van der Waals surface area (Å²) in [5, 5.41) is 11.2. The number of phenols is 1. The molecule has 0 saturated heterocycles. The molecule has 1 N–H and O–H groups in total. The van der Waals surface area contributed by atoms with Crippen molar-refractivity contribution in [2.24, 2.45) is 0 Å². The first-order chi connectivity index (χ1) is 15.5. The first-order valence-electron chi connectivity index (χ1n) is 9.89. The number of aromatic hydroxyl groups is 1. The minimum absolute atomic E-state index is 0.0696. The molecule has 170 valence electrons. The van der Waals surface area contributed by atoms with E-state index in [4.69, 9.17) is 28.4 Å². The largest absolute Gasteiger partial charge is 0.507 e. The Morgan fingerprint density at radius 2 is 1.16 bits per heavy atom. The van der Waals surface area contributed by atoms with Crippen LogP contribution in [0.4, 0.5) is 0 Å². The Balaban J connectivity index is 2.32. The first-order valence-corrected chi connectivity index (χ1v) is 9.89. The summed E-state index contributed by atoms with van der Waals surface area (Å²) in [6.45, 7) is 0.219.